The smallest absolute Gasteiger partial charge is 0.137 e. The molecule has 0 fully saturated rings. The summed E-state index contributed by atoms with van der Waals surface area (Å²) in [6, 6.07) is 8.40. The Morgan fingerprint density at radius 2 is 1.78 bits per heavy atom. The SMILES string of the molecule is Cc1nc(-c2ccc(C(C)(C)C)cc2)[nH]c1CO. The summed E-state index contributed by atoms with van der Waals surface area (Å²) in [5.41, 5.74) is 4.15. The number of H-pyrrole nitrogens is 1. The Bertz CT molecular complexity index is 533. The van der Waals surface area contributed by atoms with Crippen LogP contribution in [0.4, 0.5) is 0 Å². The second-order valence-electron chi connectivity index (χ2n) is 5.63. The van der Waals surface area contributed by atoms with Gasteiger partial charge in [-0.3, -0.25) is 0 Å². The lowest BCUT2D eigenvalue weighted by atomic mass is 9.87. The lowest BCUT2D eigenvalue weighted by Gasteiger charge is -2.18. The van der Waals surface area contributed by atoms with E-state index in [1.54, 1.807) is 0 Å². The molecule has 0 unspecified atom stereocenters. The molecule has 2 N–H and O–H groups in total. The van der Waals surface area contributed by atoms with Crippen molar-refractivity contribution in [3.63, 3.8) is 0 Å². The molecule has 0 spiro atoms. The minimum absolute atomic E-state index is 0.00108. The molecule has 0 aliphatic carbocycles. The predicted octanol–water partition coefficient (Wildman–Crippen LogP) is 3.17. The van der Waals surface area contributed by atoms with E-state index in [2.05, 4.69) is 55.0 Å². The first-order valence-corrected chi connectivity index (χ1v) is 6.19. The van der Waals surface area contributed by atoms with Gasteiger partial charge in [-0.2, -0.15) is 0 Å². The number of rotatable bonds is 2. The first kappa shape index (κ1) is 12.8. The zero-order chi connectivity index (χ0) is 13.3. The molecule has 96 valence electrons. The number of nitrogens with zero attached hydrogens (tertiary/aromatic N) is 1. The average Bonchev–Trinajstić information content (AvgIpc) is 2.69. The van der Waals surface area contributed by atoms with Crippen LogP contribution in [0.1, 0.15) is 37.7 Å². The molecule has 1 heterocycles. The van der Waals surface area contributed by atoms with E-state index >= 15 is 0 Å². The number of aliphatic hydroxyl groups excluding tert-OH is 1. The molecule has 0 aliphatic heterocycles. The number of nitrogens with one attached hydrogen (secondary N) is 1. The van der Waals surface area contributed by atoms with Crippen LogP contribution in [0.2, 0.25) is 0 Å². The van der Waals surface area contributed by atoms with Gasteiger partial charge in [0.2, 0.25) is 0 Å². The number of aromatic amines is 1. The Labute approximate surface area is 108 Å². The molecule has 0 saturated carbocycles. The van der Waals surface area contributed by atoms with Crippen molar-refractivity contribution in [2.75, 3.05) is 0 Å². The van der Waals surface area contributed by atoms with E-state index in [1.165, 1.54) is 5.56 Å². The van der Waals surface area contributed by atoms with Crippen molar-refractivity contribution < 1.29 is 5.11 Å². The topological polar surface area (TPSA) is 48.9 Å². The van der Waals surface area contributed by atoms with Crippen LogP contribution in [0.3, 0.4) is 0 Å². The Morgan fingerprint density at radius 1 is 1.17 bits per heavy atom. The maximum Gasteiger partial charge on any atom is 0.137 e. The quantitative estimate of drug-likeness (QED) is 0.852. The van der Waals surface area contributed by atoms with Gasteiger partial charge < -0.3 is 10.1 Å². The maximum absolute atomic E-state index is 9.16. The minimum atomic E-state index is -0.00108. The highest BCUT2D eigenvalue weighted by Crippen LogP contribution is 2.25. The van der Waals surface area contributed by atoms with Crippen LogP contribution < -0.4 is 0 Å². The molecule has 0 amide bonds. The lowest BCUT2D eigenvalue weighted by molar-refractivity contribution is 0.276. The van der Waals surface area contributed by atoms with Crippen molar-refractivity contribution in [3.8, 4) is 11.4 Å². The molecule has 0 atom stereocenters. The first-order valence-electron chi connectivity index (χ1n) is 6.19. The van der Waals surface area contributed by atoms with Gasteiger partial charge in [-0.05, 0) is 17.9 Å². The molecule has 0 radical (unpaired) electrons. The van der Waals surface area contributed by atoms with E-state index in [0.29, 0.717) is 0 Å². The highest BCUT2D eigenvalue weighted by Gasteiger charge is 2.14. The van der Waals surface area contributed by atoms with Crippen molar-refractivity contribution in [1.82, 2.24) is 9.97 Å². The molecule has 0 saturated heterocycles. The number of aliphatic hydroxyl groups is 1. The average molecular weight is 244 g/mol. The Balaban J connectivity index is 2.34. The first-order chi connectivity index (χ1) is 8.41. The summed E-state index contributed by atoms with van der Waals surface area (Å²) < 4.78 is 0. The number of hydrogen-bond acceptors (Lipinski definition) is 2. The van der Waals surface area contributed by atoms with Crippen LogP contribution in [-0.2, 0) is 12.0 Å². The summed E-state index contributed by atoms with van der Waals surface area (Å²) in [5, 5.41) is 9.16. The van der Waals surface area contributed by atoms with Crippen molar-refractivity contribution in [1.29, 1.82) is 0 Å². The number of aryl methyl sites for hydroxylation is 1. The van der Waals surface area contributed by atoms with Gasteiger partial charge >= 0.3 is 0 Å². The van der Waals surface area contributed by atoms with Gasteiger partial charge in [0.1, 0.15) is 5.82 Å². The van der Waals surface area contributed by atoms with Gasteiger partial charge in [0, 0.05) is 5.56 Å². The molecular formula is C15H20N2O. The van der Waals surface area contributed by atoms with Crippen LogP contribution in [0, 0.1) is 6.92 Å². The summed E-state index contributed by atoms with van der Waals surface area (Å²) in [6.45, 7) is 8.49. The van der Waals surface area contributed by atoms with Gasteiger partial charge in [-0.25, -0.2) is 4.98 Å². The van der Waals surface area contributed by atoms with E-state index in [9.17, 15) is 0 Å². The molecule has 3 nitrogen and oxygen atoms in total. The van der Waals surface area contributed by atoms with E-state index in [-0.39, 0.29) is 12.0 Å². The van der Waals surface area contributed by atoms with Crippen LogP contribution in [-0.4, -0.2) is 15.1 Å². The van der Waals surface area contributed by atoms with Crippen molar-refractivity contribution in [2.45, 2.75) is 39.7 Å². The summed E-state index contributed by atoms with van der Waals surface area (Å²) in [7, 11) is 0. The summed E-state index contributed by atoms with van der Waals surface area (Å²) in [4.78, 5) is 7.57. The number of aromatic nitrogens is 2. The minimum Gasteiger partial charge on any atom is -0.390 e. The van der Waals surface area contributed by atoms with Gasteiger partial charge in [0.25, 0.3) is 0 Å². The predicted molar refractivity (Wildman–Crippen MR) is 73.4 cm³/mol. The van der Waals surface area contributed by atoms with Gasteiger partial charge in [0.15, 0.2) is 0 Å². The van der Waals surface area contributed by atoms with Crippen LogP contribution in [0.15, 0.2) is 24.3 Å². The Kier molecular flexibility index (Phi) is 3.26. The molecule has 1 aromatic heterocycles. The summed E-state index contributed by atoms with van der Waals surface area (Å²) in [5.74, 6) is 0.817. The lowest BCUT2D eigenvalue weighted by Crippen LogP contribution is -2.10. The molecular weight excluding hydrogens is 224 g/mol. The summed E-state index contributed by atoms with van der Waals surface area (Å²) >= 11 is 0. The number of hydrogen-bond donors (Lipinski definition) is 2. The molecule has 0 bridgehead atoms. The van der Waals surface area contributed by atoms with Crippen LogP contribution in [0.25, 0.3) is 11.4 Å². The van der Waals surface area contributed by atoms with Gasteiger partial charge in [-0.15, -0.1) is 0 Å². The Morgan fingerprint density at radius 3 is 2.22 bits per heavy atom. The highest BCUT2D eigenvalue weighted by molar-refractivity contribution is 5.56. The van der Waals surface area contributed by atoms with Crippen molar-refractivity contribution in [3.05, 3.63) is 41.2 Å². The van der Waals surface area contributed by atoms with E-state index in [1.807, 2.05) is 6.92 Å². The van der Waals surface area contributed by atoms with Crippen LogP contribution in [0.5, 0.6) is 0 Å². The second-order valence-corrected chi connectivity index (χ2v) is 5.63. The normalized spacial score (nSPS) is 11.8. The second kappa shape index (κ2) is 4.58. The third-order valence-corrected chi connectivity index (χ3v) is 3.17. The molecule has 18 heavy (non-hydrogen) atoms. The molecule has 3 heteroatoms. The molecule has 0 aliphatic rings. The monoisotopic (exact) mass is 244 g/mol. The maximum atomic E-state index is 9.16. The van der Waals surface area contributed by atoms with Crippen molar-refractivity contribution >= 4 is 0 Å². The van der Waals surface area contributed by atoms with E-state index in [0.717, 1.165) is 22.8 Å². The molecule has 1 aromatic carbocycles. The van der Waals surface area contributed by atoms with Gasteiger partial charge in [0.05, 0.1) is 18.0 Å². The fourth-order valence-corrected chi connectivity index (χ4v) is 1.92. The zero-order valence-corrected chi connectivity index (χ0v) is 11.4. The van der Waals surface area contributed by atoms with Crippen molar-refractivity contribution in [2.24, 2.45) is 0 Å². The molecule has 2 aromatic rings. The van der Waals surface area contributed by atoms with E-state index in [4.69, 9.17) is 5.11 Å². The summed E-state index contributed by atoms with van der Waals surface area (Å²) in [6.07, 6.45) is 0. The fourth-order valence-electron chi connectivity index (χ4n) is 1.92. The van der Waals surface area contributed by atoms with Crippen LogP contribution >= 0.6 is 0 Å². The Hall–Kier alpha value is -1.61. The zero-order valence-electron chi connectivity index (χ0n) is 11.4. The standard InChI is InChI=1S/C15H20N2O/c1-10-13(9-18)17-14(16-10)11-5-7-12(8-6-11)15(2,3)4/h5-8,18H,9H2,1-4H3,(H,16,17). The number of imidazole rings is 1. The van der Waals surface area contributed by atoms with Gasteiger partial charge in [-0.1, -0.05) is 45.0 Å². The highest BCUT2D eigenvalue weighted by atomic mass is 16.3. The largest absolute Gasteiger partial charge is 0.390 e. The third kappa shape index (κ3) is 2.46. The van der Waals surface area contributed by atoms with E-state index < -0.39 is 0 Å². The third-order valence-electron chi connectivity index (χ3n) is 3.17. The fraction of sp³-hybridized carbons (Fsp3) is 0.400. The molecule has 2 rings (SSSR count). The number of benzene rings is 1.